The molecule has 0 spiro atoms. The summed E-state index contributed by atoms with van der Waals surface area (Å²) in [4.78, 5) is 2.08. The van der Waals surface area contributed by atoms with Crippen LogP contribution in [0.5, 0.6) is 0 Å². The molecule has 3 rings (SSSR count). The Morgan fingerprint density at radius 1 is 1.03 bits per heavy atom. The van der Waals surface area contributed by atoms with Crippen LogP contribution in [0.4, 0.5) is 0 Å². The second-order valence-corrected chi connectivity index (χ2v) is 9.20. The van der Waals surface area contributed by atoms with Crippen LogP contribution in [0, 0.1) is 0 Å². The molecule has 7 nitrogen and oxygen atoms in total. The molecule has 3 aliphatic rings. The van der Waals surface area contributed by atoms with Crippen molar-refractivity contribution in [3.63, 3.8) is 0 Å². The van der Waals surface area contributed by atoms with Gasteiger partial charge in [-0.15, -0.1) is 0 Å². The molecule has 29 heavy (non-hydrogen) atoms. The molecule has 3 heterocycles. The summed E-state index contributed by atoms with van der Waals surface area (Å²) >= 11 is 0. The van der Waals surface area contributed by atoms with E-state index < -0.39 is 12.4 Å². The van der Waals surface area contributed by atoms with E-state index in [1.165, 1.54) is 12.8 Å². The standard InChI is InChI=1S/C22H42N2O5/c1-16-13-19(24(2)3)21(25)22(28-16)29-17-9-5-4-6-11-18-20(27-15-23-18)14-26-12-8-7-10-17/h16-23,25H,4-15H2,1-3H3/t16-,17?,18?,19+,20?,21-,22+/m1/s1. The first-order valence-electron chi connectivity index (χ1n) is 11.6. The quantitative estimate of drug-likeness (QED) is 0.734. The molecule has 0 aromatic carbocycles. The van der Waals surface area contributed by atoms with Crippen LogP contribution in [0.3, 0.4) is 0 Å². The monoisotopic (exact) mass is 414 g/mol. The number of aliphatic hydroxyl groups excluding tert-OH is 1. The number of ether oxygens (including phenoxy) is 4. The Hall–Kier alpha value is -0.280. The summed E-state index contributed by atoms with van der Waals surface area (Å²) in [5, 5.41) is 14.2. The summed E-state index contributed by atoms with van der Waals surface area (Å²) in [5.41, 5.74) is 0. The van der Waals surface area contributed by atoms with E-state index in [1.807, 2.05) is 14.1 Å². The maximum atomic E-state index is 10.8. The summed E-state index contributed by atoms with van der Waals surface area (Å²) in [5.74, 6) is 0. The number of hydrogen-bond acceptors (Lipinski definition) is 7. The van der Waals surface area contributed by atoms with Crippen LogP contribution in [0.25, 0.3) is 0 Å². The van der Waals surface area contributed by atoms with E-state index in [0.717, 1.165) is 51.6 Å². The van der Waals surface area contributed by atoms with Gasteiger partial charge < -0.3 is 29.0 Å². The van der Waals surface area contributed by atoms with Crippen molar-refractivity contribution in [3.05, 3.63) is 0 Å². The lowest BCUT2D eigenvalue weighted by molar-refractivity contribution is -0.269. The molecular weight excluding hydrogens is 372 g/mol. The normalized spacial score (nSPS) is 41.1. The van der Waals surface area contributed by atoms with E-state index in [-0.39, 0.29) is 24.4 Å². The van der Waals surface area contributed by atoms with Crippen LogP contribution in [-0.4, -0.2) is 86.8 Å². The first kappa shape index (κ1) is 23.4. The van der Waals surface area contributed by atoms with Crippen molar-refractivity contribution < 1.29 is 24.1 Å². The highest BCUT2D eigenvalue weighted by Gasteiger charge is 2.39. The molecule has 0 bridgehead atoms. The largest absolute Gasteiger partial charge is 0.386 e. The zero-order valence-corrected chi connectivity index (χ0v) is 18.6. The van der Waals surface area contributed by atoms with Gasteiger partial charge in [-0.25, -0.2) is 0 Å². The molecule has 0 saturated carbocycles. The van der Waals surface area contributed by atoms with Gasteiger partial charge in [0.1, 0.15) is 6.10 Å². The Morgan fingerprint density at radius 2 is 1.79 bits per heavy atom. The third kappa shape index (κ3) is 7.13. The molecular formula is C22H42N2O5. The first-order chi connectivity index (χ1) is 14.0. The molecule has 170 valence electrons. The minimum atomic E-state index is -0.608. The number of rotatable bonds is 3. The third-order valence-electron chi connectivity index (χ3n) is 6.58. The Balaban J connectivity index is 1.51. The summed E-state index contributed by atoms with van der Waals surface area (Å²) in [6, 6.07) is 0.491. The van der Waals surface area contributed by atoms with Crippen molar-refractivity contribution in [2.45, 2.75) is 108 Å². The lowest BCUT2D eigenvalue weighted by Crippen LogP contribution is -2.54. The molecule has 7 heteroatoms. The van der Waals surface area contributed by atoms with Gasteiger partial charge in [-0.2, -0.15) is 0 Å². The summed E-state index contributed by atoms with van der Waals surface area (Å²) in [6.07, 6.45) is 8.86. The molecule has 0 amide bonds. The Labute approximate surface area is 176 Å². The summed E-state index contributed by atoms with van der Waals surface area (Å²) in [6.45, 7) is 4.16. The molecule has 0 aliphatic carbocycles. The number of hydrogen-bond donors (Lipinski definition) is 2. The average molecular weight is 415 g/mol. The Kier molecular flexibility index (Phi) is 9.62. The van der Waals surface area contributed by atoms with Crippen LogP contribution in [0.15, 0.2) is 0 Å². The van der Waals surface area contributed by atoms with Gasteiger partial charge in [0, 0.05) is 18.7 Å². The van der Waals surface area contributed by atoms with Gasteiger partial charge in [0.2, 0.25) is 0 Å². The second kappa shape index (κ2) is 11.9. The highest BCUT2D eigenvalue weighted by atomic mass is 16.7. The SMILES string of the molecule is C[C@@H]1C[C@H](N(C)C)[C@@H](O)[C@H](OC2CCCCCC3NCOC3COCCCC2)O1. The molecule has 0 radical (unpaired) electrons. The summed E-state index contributed by atoms with van der Waals surface area (Å²) in [7, 11) is 4.03. The zero-order valence-electron chi connectivity index (χ0n) is 18.6. The third-order valence-corrected chi connectivity index (χ3v) is 6.58. The zero-order chi connectivity index (χ0) is 20.6. The number of aliphatic hydroxyl groups is 1. The lowest BCUT2D eigenvalue weighted by Gasteiger charge is -2.42. The predicted molar refractivity (Wildman–Crippen MR) is 112 cm³/mol. The molecule has 3 saturated heterocycles. The lowest BCUT2D eigenvalue weighted by atomic mass is 9.98. The van der Waals surface area contributed by atoms with Crippen LogP contribution in [0.2, 0.25) is 0 Å². The number of fused-ring (bicyclic) bond motifs is 1. The van der Waals surface area contributed by atoms with Crippen molar-refractivity contribution in [2.75, 3.05) is 34.0 Å². The minimum absolute atomic E-state index is 0.0738. The van der Waals surface area contributed by atoms with Crippen molar-refractivity contribution in [2.24, 2.45) is 0 Å². The van der Waals surface area contributed by atoms with Crippen molar-refractivity contribution in [3.8, 4) is 0 Å². The fraction of sp³-hybridized carbons (Fsp3) is 1.00. The average Bonchev–Trinajstić information content (AvgIpc) is 3.13. The molecule has 0 aromatic rings. The molecule has 0 aromatic heterocycles. The molecule has 2 N–H and O–H groups in total. The molecule has 3 fully saturated rings. The second-order valence-electron chi connectivity index (χ2n) is 9.20. The van der Waals surface area contributed by atoms with Crippen molar-refractivity contribution >= 4 is 0 Å². The topological polar surface area (TPSA) is 72.4 Å². The van der Waals surface area contributed by atoms with Gasteiger partial charge in [-0.05, 0) is 59.5 Å². The maximum absolute atomic E-state index is 10.8. The van der Waals surface area contributed by atoms with Crippen molar-refractivity contribution in [1.29, 1.82) is 0 Å². The van der Waals surface area contributed by atoms with E-state index in [1.54, 1.807) is 0 Å². The predicted octanol–water partition coefficient (Wildman–Crippen LogP) is 2.26. The number of nitrogens with one attached hydrogen (secondary N) is 1. The van der Waals surface area contributed by atoms with Gasteiger partial charge in [-0.3, -0.25) is 5.32 Å². The smallest absolute Gasteiger partial charge is 0.185 e. The number of likely N-dealkylation sites (N-methyl/N-ethyl adjacent to an activating group) is 1. The highest BCUT2D eigenvalue weighted by Crippen LogP contribution is 2.27. The first-order valence-corrected chi connectivity index (χ1v) is 11.6. The van der Waals surface area contributed by atoms with Crippen LogP contribution < -0.4 is 5.32 Å². The van der Waals surface area contributed by atoms with Gasteiger partial charge in [0.05, 0.1) is 31.6 Å². The van der Waals surface area contributed by atoms with Gasteiger partial charge in [0.25, 0.3) is 0 Å². The van der Waals surface area contributed by atoms with Crippen LogP contribution in [0.1, 0.15) is 64.7 Å². The molecule has 3 unspecified atom stereocenters. The van der Waals surface area contributed by atoms with Gasteiger partial charge in [0.15, 0.2) is 6.29 Å². The minimum Gasteiger partial charge on any atom is -0.386 e. The Bertz CT molecular complexity index is 466. The fourth-order valence-corrected chi connectivity index (χ4v) is 4.78. The van der Waals surface area contributed by atoms with Gasteiger partial charge >= 0.3 is 0 Å². The summed E-state index contributed by atoms with van der Waals surface area (Å²) < 4.78 is 24.0. The van der Waals surface area contributed by atoms with Crippen LogP contribution in [-0.2, 0) is 18.9 Å². The van der Waals surface area contributed by atoms with E-state index in [4.69, 9.17) is 18.9 Å². The Morgan fingerprint density at radius 3 is 2.59 bits per heavy atom. The molecule has 3 aliphatic heterocycles. The van der Waals surface area contributed by atoms with E-state index in [9.17, 15) is 5.11 Å². The van der Waals surface area contributed by atoms with Crippen LogP contribution >= 0.6 is 0 Å². The van der Waals surface area contributed by atoms with E-state index >= 15 is 0 Å². The van der Waals surface area contributed by atoms with Gasteiger partial charge in [-0.1, -0.05) is 19.3 Å². The van der Waals surface area contributed by atoms with E-state index in [2.05, 4.69) is 17.1 Å². The molecule has 7 atom stereocenters. The highest BCUT2D eigenvalue weighted by molar-refractivity contribution is 4.86. The maximum Gasteiger partial charge on any atom is 0.185 e. The van der Waals surface area contributed by atoms with E-state index in [0.29, 0.717) is 19.4 Å². The number of nitrogens with zero attached hydrogens (tertiary/aromatic N) is 1. The van der Waals surface area contributed by atoms with Crippen molar-refractivity contribution in [1.82, 2.24) is 10.2 Å². The fourth-order valence-electron chi connectivity index (χ4n) is 4.78.